The van der Waals surface area contributed by atoms with Gasteiger partial charge in [0.05, 0.1) is 12.8 Å². The molecule has 1 fully saturated rings. The van der Waals surface area contributed by atoms with Crippen molar-refractivity contribution in [2.75, 3.05) is 45.3 Å². The lowest BCUT2D eigenvalue weighted by molar-refractivity contribution is 0.0635. The molecule has 1 N–H and O–H groups in total. The van der Waals surface area contributed by atoms with Crippen LogP contribution in [0.15, 0.2) is 24.3 Å². The van der Waals surface area contributed by atoms with Gasteiger partial charge in [-0.25, -0.2) is 0 Å². The molecule has 2 rings (SSSR count). The Morgan fingerprint density at radius 3 is 2.43 bits per heavy atom. The number of carbonyl (C=O) groups excluding carboxylic acids is 1. The van der Waals surface area contributed by atoms with E-state index < -0.39 is 0 Å². The zero-order valence-electron chi connectivity index (χ0n) is 13.0. The van der Waals surface area contributed by atoms with Crippen molar-refractivity contribution in [2.45, 2.75) is 19.8 Å². The number of carbonyl (C=O) groups is 1. The van der Waals surface area contributed by atoms with Crippen molar-refractivity contribution in [1.82, 2.24) is 9.80 Å². The molecular weight excluding hydrogens is 266 g/mol. The number of anilines is 1. The van der Waals surface area contributed by atoms with Gasteiger partial charge in [0.2, 0.25) is 0 Å². The number of unbranched alkanes of at least 4 members (excludes halogenated alkanes) is 1. The fourth-order valence-corrected chi connectivity index (χ4v) is 2.54. The maximum absolute atomic E-state index is 12.4. The van der Waals surface area contributed by atoms with E-state index in [2.05, 4.69) is 17.3 Å². The van der Waals surface area contributed by atoms with Crippen LogP contribution < -0.4 is 5.48 Å². The van der Waals surface area contributed by atoms with Gasteiger partial charge in [0.1, 0.15) is 0 Å². The first-order chi connectivity index (χ1) is 10.2. The van der Waals surface area contributed by atoms with Crippen molar-refractivity contribution in [1.29, 1.82) is 0 Å². The second kappa shape index (κ2) is 8.00. The van der Waals surface area contributed by atoms with Gasteiger partial charge in [-0.15, -0.1) is 0 Å². The van der Waals surface area contributed by atoms with E-state index in [9.17, 15) is 4.79 Å². The van der Waals surface area contributed by atoms with Gasteiger partial charge in [0.25, 0.3) is 5.91 Å². The molecule has 1 saturated heterocycles. The standard InChI is InChI=1S/C16H25N3O2/c1-3-4-9-18-10-12-19(13-11-18)16(20)14-5-7-15(8-6-14)17-21-2/h5-8,17H,3-4,9-13H2,1-2H3. The highest BCUT2D eigenvalue weighted by Gasteiger charge is 2.21. The second-order valence-electron chi connectivity index (χ2n) is 5.37. The number of nitrogens with one attached hydrogen (secondary N) is 1. The first-order valence-electron chi connectivity index (χ1n) is 7.65. The molecule has 5 nitrogen and oxygen atoms in total. The van der Waals surface area contributed by atoms with Crippen molar-refractivity contribution >= 4 is 11.6 Å². The minimum Gasteiger partial charge on any atom is -0.336 e. The van der Waals surface area contributed by atoms with Gasteiger partial charge in [-0.2, -0.15) is 0 Å². The molecule has 0 saturated carbocycles. The van der Waals surface area contributed by atoms with Gasteiger partial charge in [0.15, 0.2) is 0 Å². The van der Waals surface area contributed by atoms with Crippen LogP contribution in [0.1, 0.15) is 30.1 Å². The van der Waals surface area contributed by atoms with E-state index in [0.717, 1.165) is 44.0 Å². The van der Waals surface area contributed by atoms with Crippen LogP contribution in [0.3, 0.4) is 0 Å². The zero-order chi connectivity index (χ0) is 15.1. The van der Waals surface area contributed by atoms with Gasteiger partial charge < -0.3 is 4.90 Å². The molecule has 116 valence electrons. The topological polar surface area (TPSA) is 44.8 Å². The largest absolute Gasteiger partial charge is 0.336 e. The SMILES string of the molecule is CCCCN1CCN(C(=O)c2ccc(NOC)cc2)CC1. The van der Waals surface area contributed by atoms with E-state index in [4.69, 9.17) is 4.84 Å². The molecule has 5 heteroatoms. The molecular formula is C16H25N3O2. The van der Waals surface area contributed by atoms with Crippen LogP contribution in [-0.2, 0) is 4.84 Å². The lowest BCUT2D eigenvalue weighted by Crippen LogP contribution is -2.48. The summed E-state index contributed by atoms with van der Waals surface area (Å²) >= 11 is 0. The fourth-order valence-electron chi connectivity index (χ4n) is 2.54. The predicted molar refractivity (Wildman–Crippen MR) is 84.3 cm³/mol. The van der Waals surface area contributed by atoms with Crippen LogP contribution in [0.2, 0.25) is 0 Å². The third-order valence-electron chi connectivity index (χ3n) is 3.84. The lowest BCUT2D eigenvalue weighted by atomic mass is 10.1. The van der Waals surface area contributed by atoms with E-state index in [-0.39, 0.29) is 5.91 Å². The molecule has 0 aromatic heterocycles. The normalized spacial score (nSPS) is 16.0. The molecule has 1 aromatic carbocycles. The van der Waals surface area contributed by atoms with Crippen molar-refractivity contribution < 1.29 is 9.63 Å². The highest BCUT2D eigenvalue weighted by atomic mass is 16.6. The van der Waals surface area contributed by atoms with E-state index >= 15 is 0 Å². The number of piperazine rings is 1. The predicted octanol–water partition coefficient (Wildman–Crippen LogP) is 2.22. The van der Waals surface area contributed by atoms with Crippen molar-refractivity contribution in [3.63, 3.8) is 0 Å². The third kappa shape index (κ3) is 4.44. The van der Waals surface area contributed by atoms with Gasteiger partial charge in [-0.3, -0.25) is 20.0 Å². The number of hydrogen-bond acceptors (Lipinski definition) is 4. The monoisotopic (exact) mass is 291 g/mol. The van der Waals surface area contributed by atoms with Crippen LogP contribution in [0.25, 0.3) is 0 Å². The number of rotatable bonds is 6. The summed E-state index contributed by atoms with van der Waals surface area (Å²) in [5, 5.41) is 0. The summed E-state index contributed by atoms with van der Waals surface area (Å²) in [5.74, 6) is 0.120. The van der Waals surface area contributed by atoms with E-state index in [1.165, 1.54) is 12.8 Å². The summed E-state index contributed by atoms with van der Waals surface area (Å²) in [5.41, 5.74) is 4.33. The zero-order valence-corrected chi connectivity index (χ0v) is 13.0. The first-order valence-corrected chi connectivity index (χ1v) is 7.65. The molecule has 0 aliphatic carbocycles. The Labute approximate surface area is 126 Å². The minimum atomic E-state index is 0.120. The summed E-state index contributed by atoms with van der Waals surface area (Å²) in [7, 11) is 1.57. The Balaban J connectivity index is 1.86. The van der Waals surface area contributed by atoms with E-state index in [1.54, 1.807) is 7.11 Å². The Hall–Kier alpha value is -1.59. The second-order valence-corrected chi connectivity index (χ2v) is 5.37. The maximum atomic E-state index is 12.4. The summed E-state index contributed by atoms with van der Waals surface area (Å²) in [4.78, 5) is 21.7. The smallest absolute Gasteiger partial charge is 0.253 e. The van der Waals surface area contributed by atoms with Crippen LogP contribution in [0, 0.1) is 0 Å². The Morgan fingerprint density at radius 1 is 1.19 bits per heavy atom. The van der Waals surface area contributed by atoms with Crippen LogP contribution in [0.5, 0.6) is 0 Å². The van der Waals surface area contributed by atoms with E-state index in [1.807, 2.05) is 29.2 Å². The van der Waals surface area contributed by atoms with Gasteiger partial charge in [-0.05, 0) is 37.2 Å². The highest BCUT2D eigenvalue weighted by Crippen LogP contribution is 2.13. The van der Waals surface area contributed by atoms with Crippen LogP contribution in [0.4, 0.5) is 5.69 Å². The minimum absolute atomic E-state index is 0.120. The van der Waals surface area contributed by atoms with Crippen molar-refractivity contribution in [2.24, 2.45) is 0 Å². The maximum Gasteiger partial charge on any atom is 0.253 e. The molecule has 21 heavy (non-hydrogen) atoms. The average Bonchev–Trinajstić information content (AvgIpc) is 2.54. The third-order valence-corrected chi connectivity index (χ3v) is 3.84. The molecule has 0 spiro atoms. The molecule has 1 aliphatic rings. The molecule has 0 bridgehead atoms. The molecule has 0 radical (unpaired) electrons. The van der Waals surface area contributed by atoms with Gasteiger partial charge >= 0.3 is 0 Å². The van der Waals surface area contributed by atoms with Crippen LogP contribution >= 0.6 is 0 Å². The summed E-state index contributed by atoms with van der Waals surface area (Å²) in [6.45, 7) is 6.96. The van der Waals surface area contributed by atoms with E-state index in [0.29, 0.717) is 0 Å². The van der Waals surface area contributed by atoms with Crippen molar-refractivity contribution in [3.05, 3.63) is 29.8 Å². The summed E-state index contributed by atoms with van der Waals surface area (Å²) in [6, 6.07) is 7.39. The number of nitrogens with zero attached hydrogens (tertiary/aromatic N) is 2. The Bertz CT molecular complexity index is 439. The van der Waals surface area contributed by atoms with Crippen LogP contribution in [-0.4, -0.2) is 55.5 Å². The van der Waals surface area contributed by atoms with Crippen molar-refractivity contribution in [3.8, 4) is 0 Å². The molecule has 1 amide bonds. The number of benzene rings is 1. The fraction of sp³-hybridized carbons (Fsp3) is 0.562. The molecule has 0 atom stereocenters. The molecule has 1 aromatic rings. The summed E-state index contributed by atoms with van der Waals surface area (Å²) < 4.78 is 0. The van der Waals surface area contributed by atoms with Gasteiger partial charge in [0, 0.05) is 31.7 Å². The molecule has 1 heterocycles. The quantitative estimate of drug-likeness (QED) is 0.816. The molecule has 1 aliphatic heterocycles. The number of amides is 1. The Morgan fingerprint density at radius 2 is 1.86 bits per heavy atom. The Kier molecular flexibility index (Phi) is 6.02. The first kappa shape index (κ1) is 15.8. The highest BCUT2D eigenvalue weighted by molar-refractivity contribution is 5.94. The average molecular weight is 291 g/mol. The summed E-state index contributed by atoms with van der Waals surface area (Å²) in [6.07, 6.45) is 2.46. The molecule has 0 unspecified atom stereocenters. The number of hydrogen-bond donors (Lipinski definition) is 1. The van der Waals surface area contributed by atoms with Gasteiger partial charge in [-0.1, -0.05) is 13.3 Å². The lowest BCUT2D eigenvalue weighted by Gasteiger charge is -2.34.